The summed E-state index contributed by atoms with van der Waals surface area (Å²) in [6, 6.07) is 5.58. The number of carbonyl (C=O) groups excluding carboxylic acids is 1. The second-order valence-electron chi connectivity index (χ2n) is 7.36. The molecule has 1 aromatic carbocycles. The van der Waals surface area contributed by atoms with Gasteiger partial charge in [-0.2, -0.15) is 8.78 Å². The standard InChI is InChI=1S/C19H27F2N3O3S/c20-19(21)28(26,27)17-7-5-16(6-8-17)23-13-11-22(12-14-23)15-18(25)24-9-3-1-2-4-10-24/h5-8,19H,1-4,9-15H2. The smallest absolute Gasteiger partial charge is 0.341 e. The Bertz CT molecular complexity index is 755. The van der Waals surface area contributed by atoms with E-state index in [2.05, 4.69) is 9.80 Å². The minimum Gasteiger partial charge on any atom is -0.369 e. The fraction of sp³-hybridized carbons (Fsp3) is 0.632. The Morgan fingerprint density at radius 2 is 1.46 bits per heavy atom. The number of rotatable bonds is 5. The Balaban J connectivity index is 1.51. The second-order valence-corrected chi connectivity index (χ2v) is 9.28. The van der Waals surface area contributed by atoms with Gasteiger partial charge in [-0.15, -0.1) is 0 Å². The number of hydrogen-bond acceptors (Lipinski definition) is 5. The van der Waals surface area contributed by atoms with Gasteiger partial charge in [-0.25, -0.2) is 8.42 Å². The van der Waals surface area contributed by atoms with Crippen molar-refractivity contribution >= 4 is 21.4 Å². The minimum absolute atomic E-state index is 0.192. The van der Waals surface area contributed by atoms with E-state index >= 15 is 0 Å². The van der Waals surface area contributed by atoms with Gasteiger partial charge < -0.3 is 9.80 Å². The van der Waals surface area contributed by atoms with Crippen LogP contribution in [0.4, 0.5) is 14.5 Å². The molecular formula is C19H27F2N3O3S. The van der Waals surface area contributed by atoms with E-state index in [0.29, 0.717) is 19.6 Å². The Labute approximate surface area is 165 Å². The van der Waals surface area contributed by atoms with Crippen molar-refractivity contribution in [1.82, 2.24) is 9.80 Å². The van der Waals surface area contributed by atoms with Crippen LogP contribution < -0.4 is 4.90 Å². The molecule has 28 heavy (non-hydrogen) atoms. The normalized spacial score (nSPS) is 19.7. The zero-order chi connectivity index (χ0) is 20.1. The number of sulfone groups is 1. The highest BCUT2D eigenvalue weighted by Gasteiger charge is 2.27. The number of benzene rings is 1. The Morgan fingerprint density at radius 1 is 0.893 bits per heavy atom. The molecule has 0 saturated carbocycles. The molecule has 9 heteroatoms. The molecule has 0 bridgehead atoms. The van der Waals surface area contributed by atoms with E-state index in [1.807, 2.05) is 4.90 Å². The molecular weight excluding hydrogens is 388 g/mol. The number of halogens is 2. The molecule has 2 aliphatic rings. The van der Waals surface area contributed by atoms with Crippen LogP contribution in [0.25, 0.3) is 0 Å². The zero-order valence-corrected chi connectivity index (χ0v) is 16.7. The second kappa shape index (κ2) is 9.17. The molecule has 2 heterocycles. The predicted octanol–water partition coefficient (Wildman–Crippen LogP) is 2.21. The van der Waals surface area contributed by atoms with Crippen LogP contribution >= 0.6 is 0 Å². The topological polar surface area (TPSA) is 60.9 Å². The molecule has 3 rings (SSSR count). The summed E-state index contributed by atoms with van der Waals surface area (Å²) in [5.41, 5.74) is 0.798. The highest BCUT2D eigenvalue weighted by molar-refractivity contribution is 7.91. The van der Waals surface area contributed by atoms with Crippen molar-refractivity contribution in [3.05, 3.63) is 24.3 Å². The van der Waals surface area contributed by atoms with E-state index in [9.17, 15) is 22.0 Å². The molecule has 1 aromatic rings. The van der Waals surface area contributed by atoms with Crippen molar-refractivity contribution in [2.24, 2.45) is 0 Å². The number of carbonyl (C=O) groups is 1. The Hall–Kier alpha value is -1.74. The fourth-order valence-electron chi connectivity index (χ4n) is 3.73. The Morgan fingerprint density at radius 3 is 2.00 bits per heavy atom. The van der Waals surface area contributed by atoms with Gasteiger partial charge in [-0.3, -0.25) is 9.69 Å². The molecule has 6 nitrogen and oxygen atoms in total. The summed E-state index contributed by atoms with van der Waals surface area (Å²) in [5.74, 6) is -3.22. The first kappa shape index (κ1) is 21.0. The quantitative estimate of drug-likeness (QED) is 0.738. The van der Waals surface area contributed by atoms with Gasteiger partial charge in [0.05, 0.1) is 11.4 Å². The lowest BCUT2D eigenvalue weighted by molar-refractivity contribution is -0.132. The molecule has 1 amide bonds. The van der Waals surface area contributed by atoms with Crippen LogP contribution in [-0.4, -0.2) is 75.7 Å². The largest absolute Gasteiger partial charge is 0.369 e. The number of anilines is 1. The van der Waals surface area contributed by atoms with Crippen LogP contribution in [0.5, 0.6) is 0 Å². The lowest BCUT2D eigenvalue weighted by Gasteiger charge is -2.36. The van der Waals surface area contributed by atoms with Crippen LogP contribution in [-0.2, 0) is 14.6 Å². The van der Waals surface area contributed by atoms with E-state index in [-0.39, 0.29) is 10.8 Å². The number of hydrogen-bond donors (Lipinski definition) is 0. The molecule has 2 saturated heterocycles. The SMILES string of the molecule is O=C(CN1CCN(c2ccc(S(=O)(=O)C(F)F)cc2)CC1)N1CCCCCC1. The molecule has 156 valence electrons. The average Bonchev–Trinajstić information content (AvgIpc) is 2.98. The third kappa shape index (κ3) is 5.00. The van der Waals surface area contributed by atoms with E-state index in [1.54, 1.807) is 12.1 Å². The third-order valence-corrected chi connectivity index (χ3v) is 6.85. The van der Waals surface area contributed by atoms with Crippen LogP contribution in [0.15, 0.2) is 29.2 Å². The van der Waals surface area contributed by atoms with Crippen molar-refractivity contribution in [2.45, 2.75) is 36.3 Å². The molecule has 0 N–H and O–H groups in total. The van der Waals surface area contributed by atoms with E-state index < -0.39 is 15.6 Å². The van der Waals surface area contributed by atoms with Gasteiger partial charge in [-0.1, -0.05) is 12.8 Å². The van der Waals surface area contributed by atoms with Gasteiger partial charge in [0.15, 0.2) is 0 Å². The maximum atomic E-state index is 12.6. The van der Waals surface area contributed by atoms with Gasteiger partial charge in [-0.05, 0) is 37.1 Å². The van der Waals surface area contributed by atoms with Crippen LogP contribution in [0.1, 0.15) is 25.7 Å². The van der Waals surface area contributed by atoms with E-state index in [0.717, 1.165) is 44.7 Å². The summed E-state index contributed by atoms with van der Waals surface area (Å²) in [6.45, 7) is 5.01. The first-order valence-electron chi connectivity index (χ1n) is 9.75. The highest BCUT2D eigenvalue weighted by atomic mass is 32.2. The van der Waals surface area contributed by atoms with Crippen LogP contribution in [0.2, 0.25) is 0 Å². The molecule has 0 atom stereocenters. The zero-order valence-electron chi connectivity index (χ0n) is 15.9. The first-order chi connectivity index (χ1) is 13.4. The van der Waals surface area contributed by atoms with Crippen LogP contribution in [0.3, 0.4) is 0 Å². The predicted molar refractivity (Wildman–Crippen MR) is 103 cm³/mol. The molecule has 2 fully saturated rings. The van der Waals surface area contributed by atoms with E-state index in [4.69, 9.17) is 0 Å². The van der Waals surface area contributed by atoms with Gasteiger partial charge in [0, 0.05) is 45.0 Å². The molecule has 0 aromatic heterocycles. The number of likely N-dealkylation sites (tertiary alicyclic amines) is 1. The molecule has 0 spiro atoms. The lowest BCUT2D eigenvalue weighted by atomic mass is 10.2. The first-order valence-corrected chi connectivity index (χ1v) is 11.3. The Kier molecular flexibility index (Phi) is 6.87. The highest BCUT2D eigenvalue weighted by Crippen LogP contribution is 2.23. The maximum absolute atomic E-state index is 12.6. The summed E-state index contributed by atoms with van der Waals surface area (Å²) >= 11 is 0. The fourth-order valence-corrected chi connectivity index (χ4v) is 4.45. The summed E-state index contributed by atoms with van der Waals surface area (Å²) in [7, 11) is -4.56. The average molecular weight is 416 g/mol. The molecule has 0 unspecified atom stereocenters. The molecule has 2 aliphatic heterocycles. The van der Waals surface area contributed by atoms with Crippen molar-refractivity contribution in [2.75, 3.05) is 50.7 Å². The summed E-state index contributed by atoms with van der Waals surface area (Å²) in [4.78, 5) is 18.3. The van der Waals surface area contributed by atoms with Crippen LogP contribution in [0, 0.1) is 0 Å². The lowest BCUT2D eigenvalue weighted by Crippen LogP contribution is -2.50. The van der Waals surface area contributed by atoms with Crippen molar-refractivity contribution < 1.29 is 22.0 Å². The third-order valence-electron chi connectivity index (χ3n) is 5.45. The van der Waals surface area contributed by atoms with Gasteiger partial charge >= 0.3 is 5.76 Å². The van der Waals surface area contributed by atoms with Crippen molar-refractivity contribution in [3.8, 4) is 0 Å². The molecule has 0 radical (unpaired) electrons. The maximum Gasteiger partial charge on any atom is 0.341 e. The monoisotopic (exact) mass is 415 g/mol. The van der Waals surface area contributed by atoms with Gasteiger partial charge in [0.2, 0.25) is 15.7 Å². The summed E-state index contributed by atoms with van der Waals surface area (Å²) in [5, 5.41) is 0. The van der Waals surface area contributed by atoms with Gasteiger partial charge in [0.1, 0.15) is 0 Å². The summed E-state index contributed by atoms with van der Waals surface area (Å²) in [6.07, 6.45) is 4.55. The number of amides is 1. The van der Waals surface area contributed by atoms with E-state index in [1.165, 1.54) is 25.0 Å². The number of nitrogens with zero attached hydrogens (tertiary/aromatic N) is 3. The summed E-state index contributed by atoms with van der Waals surface area (Å²) < 4.78 is 48.3. The minimum atomic E-state index is -4.56. The number of piperazine rings is 1. The van der Waals surface area contributed by atoms with Crippen molar-refractivity contribution in [3.63, 3.8) is 0 Å². The van der Waals surface area contributed by atoms with Crippen molar-refractivity contribution in [1.29, 1.82) is 0 Å². The molecule has 0 aliphatic carbocycles. The van der Waals surface area contributed by atoms with Gasteiger partial charge in [0.25, 0.3) is 0 Å². The number of alkyl halides is 2.